The van der Waals surface area contributed by atoms with Crippen LogP contribution in [0.25, 0.3) is 0 Å². The van der Waals surface area contributed by atoms with Crippen LogP contribution in [0.1, 0.15) is 43.4 Å². The molecule has 2 aromatic rings. The Hall–Kier alpha value is -2.48. The van der Waals surface area contributed by atoms with Gasteiger partial charge in [0.15, 0.2) is 0 Å². The third kappa shape index (κ3) is 5.61. The summed E-state index contributed by atoms with van der Waals surface area (Å²) < 4.78 is 43.6. The molecule has 1 amide bonds. The van der Waals surface area contributed by atoms with Gasteiger partial charge in [0.05, 0.1) is 23.7 Å². The van der Waals surface area contributed by atoms with E-state index >= 15 is 0 Å². The van der Waals surface area contributed by atoms with Crippen molar-refractivity contribution in [1.82, 2.24) is 10.3 Å². The average molecular weight is 456 g/mol. The first-order chi connectivity index (χ1) is 14.7. The van der Waals surface area contributed by atoms with E-state index in [1.54, 1.807) is 7.11 Å². The first kappa shape index (κ1) is 23.2. The molecular formula is C22H25ClF3N3O2. The number of carbonyl (C=O) groups excluding carboxylic acids is 1. The highest BCUT2D eigenvalue weighted by Gasteiger charge is 2.33. The monoisotopic (exact) mass is 455 g/mol. The minimum atomic E-state index is -4.49. The molecule has 1 aliphatic heterocycles. The van der Waals surface area contributed by atoms with Gasteiger partial charge in [-0.25, -0.2) is 4.98 Å². The molecule has 1 aromatic carbocycles. The van der Waals surface area contributed by atoms with Gasteiger partial charge in [0, 0.05) is 25.2 Å². The van der Waals surface area contributed by atoms with E-state index < -0.39 is 11.7 Å². The molecule has 9 heteroatoms. The Labute approximate surface area is 184 Å². The van der Waals surface area contributed by atoms with Gasteiger partial charge in [-0.3, -0.25) is 4.79 Å². The zero-order chi connectivity index (χ0) is 22.6. The molecule has 31 heavy (non-hydrogen) atoms. The summed E-state index contributed by atoms with van der Waals surface area (Å²) in [6.07, 6.45) is -1.80. The number of piperidine rings is 1. The van der Waals surface area contributed by atoms with Crippen molar-refractivity contribution in [2.75, 3.05) is 25.1 Å². The van der Waals surface area contributed by atoms with E-state index in [2.05, 4.69) is 10.3 Å². The number of rotatable bonds is 6. The molecule has 0 saturated carbocycles. The molecule has 1 saturated heterocycles. The van der Waals surface area contributed by atoms with Crippen LogP contribution in [-0.2, 0) is 11.0 Å². The quantitative estimate of drug-likeness (QED) is 0.646. The SMILES string of the molecule is CCC(NC(=O)C1CCN(c2ncc(C(F)(F)F)cc2Cl)CC1)c1ccc(OC)cc1. The molecule has 2 heterocycles. The second-order valence-electron chi connectivity index (χ2n) is 7.53. The summed E-state index contributed by atoms with van der Waals surface area (Å²) in [5, 5.41) is 3.08. The lowest BCUT2D eigenvalue weighted by molar-refractivity contribution is -0.137. The van der Waals surface area contributed by atoms with Crippen LogP contribution in [0.3, 0.4) is 0 Å². The summed E-state index contributed by atoms with van der Waals surface area (Å²) in [6, 6.07) is 8.40. The second-order valence-corrected chi connectivity index (χ2v) is 7.94. The lowest BCUT2D eigenvalue weighted by Gasteiger charge is -2.33. The van der Waals surface area contributed by atoms with E-state index in [0.29, 0.717) is 31.7 Å². The van der Waals surface area contributed by atoms with Crippen LogP contribution < -0.4 is 15.0 Å². The lowest BCUT2D eigenvalue weighted by atomic mass is 9.94. The van der Waals surface area contributed by atoms with Crippen LogP contribution in [0, 0.1) is 5.92 Å². The third-order valence-electron chi connectivity index (χ3n) is 5.56. The summed E-state index contributed by atoms with van der Waals surface area (Å²) >= 11 is 6.05. The van der Waals surface area contributed by atoms with E-state index in [1.165, 1.54) is 0 Å². The number of amides is 1. The minimum Gasteiger partial charge on any atom is -0.497 e. The Bertz CT molecular complexity index is 898. The van der Waals surface area contributed by atoms with Gasteiger partial charge in [-0.1, -0.05) is 30.7 Å². The fourth-order valence-electron chi connectivity index (χ4n) is 3.72. The molecular weight excluding hydrogens is 431 g/mol. The maximum atomic E-state index is 12.8. The third-order valence-corrected chi connectivity index (χ3v) is 5.84. The molecule has 0 spiro atoms. The molecule has 1 aliphatic rings. The van der Waals surface area contributed by atoms with Crippen molar-refractivity contribution in [3.63, 3.8) is 0 Å². The number of alkyl halides is 3. The Morgan fingerprint density at radius 3 is 2.45 bits per heavy atom. The van der Waals surface area contributed by atoms with Crippen molar-refractivity contribution < 1.29 is 22.7 Å². The predicted octanol–water partition coefficient (Wildman–Crippen LogP) is 5.25. The van der Waals surface area contributed by atoms with E-state index in [-0.39, 0.29) is 22.9 Å². The Balaban J connectivity index is 1.59. The van der Waals surface area contributed by atoms with Crippen molar-refractivity contribution in [3.05, 3.63) is 52.7 Å². The summed E-state index contributed by atoms with van der Waals surface area (Å²) in [7, 11) is 1.60. The predicted molar refractivity (Wildman–Crippen MR) is 113 cm³/mol. The standard InChI is InChI=1S/C22H25ClF3N3O2/c1-3-19(14-4-6-17(31-2)7-5-14)28-21(30)15-8-10-29(11-9-15)20-18(23)12-16(13-27-20)22(24,25)26/h4-7,12-13,15,19H,3,8-11H2,1-2H3,(H,28,30). The van der Waals surface area contributed by atoms with Gasteiger partial charge in [-0.05, 0) is 43.0 Å². The van der Waals surface area contributed by atoms with Crippen LogP contribution in [0.5, 0.6) is 5.75 Å². The molecule has 1 atom stereocenters. The van der Waals surface area contributed by atoms with E-state index in [9.17, 15) is 18.0 Å². The zero-order valence-corrected chi connectivity index (χ0v) is 18.1. The number of ether oxygens (including phenoxy) is 1. The second kappa shape index (κ2) is 9.77. The van der Waals surface area contributed by atoms with Crippen LogP contribution >= 0.6 is 11.6 Å². The smallest absolute Gasteiger partial charge is 0.417 e. The maximum absolute atomic E-state index is 12.8. The van der Waals surface area contributed by atoms with E-state index in [0.717, 1.165) is 30.0 Å². The molecule has 0 radical (unpaired) electrons. The van der Waals surface area contributed by atoms with Gasteiger partial charge in [-0.15, -0.1) is 0 Å². The molecule has 0 bridgehead atoms. The first-order valence-corrected chi connectivity index (χ1v) is 10.5. The topological polar surface area (TPSA) is 54.5 Å². The van der Waals surface area contributed by atoms with Crippen LogP contribution in [0.2, 0.25) is 5.02 Å². The molecule has 168 valence electrons. The normalized spacial score (nSPS) is 16.1. The van der Waals surface area contributed by atoms with Gasteiger partial charge in [-0.2, -0.15) is 13.2 Å². The fourth-order valence-corrected chi connectivity index (χ4v) is 4.00. The van der Waals surface area contributed by atoms with Gasteiger partial charge in [0.2, 0.25) is 5.91 Å². The maximum Gasteiger partial charge on any atom is 0.417 e. The number of halogens is 4. The molecule has 3 rings (SSSR count). The fraction of sp³-hybridized carbons (Fsp3) is 0.455. The number of aromatic nitrogens is 1. The number of hydrogen-bond acceptors (Lipinski definition) is 4. The summed E-state index contributed by atoms with van der Waals surface area (Å²) in [5.41, 5.74) is 0.134. The summed E-state index contributed by atoms with van der Waals surface area (Å²) in [5.74, 6) is 0.886. The minimum absolute atomic E-state index is 0.0196. The molecule has 1 fully saturated rings. The van der Waals surface area contributed by atoms with Crippen LogP contribution in [-0.4, -0.2) is 31.1 Å². The van der Waals surface area contributed by atoms with Crippen molar-refractivity contribution in [2.45, 2.75) is 38.4 Å². The van der Waals surface area contributed by atoms with Crippen molar-refractivity contribution >= 4 is 23.3 Å². The molecule has 5 nitrogen and oxygen atoms in total. The molecule has 1 aromatic heterocycles. The highest BCUT2D eigenvalue weighted by molar-refractivity contribution is 6.33. The van der Waals surface area contributed by atoms with Crippen molar-refractivity contribution in [3.8, 4) is 5.75 Å². The zero-order valence-electron chi connectivity index (χ0n) is 17.4. The highest BCUT2D eigenvalue weighted by atomic mass is 35.5. The molecule has 1 unspecified atom stereocenters. The number of methoxy groups -OCH3 is 1. The van der Waals surface area contributed by atoms with Crippen molar-refractivity contribution in [1.29, 1.82) is 0 Å². The number of anilines is 1. The first-order valence-electron chi connectivity index (χ1n) is 10.1. The average Bonchev–Trinajstić information content (AvgIpc) is 2.77. The Morgan fingerprint density at radius 1 is 1.29 bits per heavy atom. The summed E-state index contributed by atoms with van der Waals surface area (Å²) in [6.45, 7) is 3.00. The molecule has 1 N–H and O–H groups in total. The highest BCUT2D eigenvalue weighted by Crippen LogP contribution is 2.34. The van der Waals surface area contributed by atoms with Crippen molar-refractivity contribution in [2.24, 2.45) is 5.92 Å². The number of nitrogens with zero attached hydrogens (tertiary/aromatic N) is 2. The van der Waals surface area contributed by atoms with E-state index in [4.69, 9.17) is 16.3 Å². The number of hydrogen-bond donors (Lipinski definition) is 1. The van der Waals surface area contributed by atoms with Gasteiger partial charge < -0.3 is 15.0 Å². The lowest BCUT2D eigenvalue weighted by Crippen LogP contribution is -2.42. The number of nitrogens with one attached hydrogen (secondary N) is 1. The van der Waals surface area contributed by atoms with Gasteiger partial charge in [0.25, 0.3) is 0 Å². The van der Waals surface area contributed by atoms with Crippen LogP contribution in [0.15, 0.2) is 36.5 Å². The van der Waals surface area contributed by atoms with Gasteiger partial charge >= 0.3 is 6.18 Å². The summed E-state index contributed by atoms with van der Waals surface area (Å²) in [4.78, 5) is 18.6. The Kier molecular flexibility index (Phi) is 7.30. The van der Waals surface area contributed by atoms with Gasteiger partial charge in [0.1, 0.15) is 11.6 Å². The number of pyridine rings is 1. The number of benzene rings is 1. The molecule has 0 aliphatic carbocycles. The number of carbonyl (C=O) groups is 1. The van der Waals surface area contributed by atoms with E-state index in [1.807, 2.05) is 36.1 Å². The van der Waals surface area contributed by atoms with Crippen LogP contribution in [0.4, 0.5) is 19.0 Å². The Morgan fingerprint density at radius 2 is 1.94 bits per heavy atom. The largest absolute Gasteiger partial charge is 0.497 e.